The van der Waals surface area contributed by atoms with E-state index in [1.165, 1.54) is 27.9 Å². The molecule has 0 unspecified atom stereocenters. The smallest absolute Gasteiger partial charge is 0.119 e. The van der Waals surface area contributed by atoms with Crippen molar-refractivity contribution in [1.82, 2.24) is 0 Å². The van der Waals surface area contributed by atoms with E-state index in [4.69, 9.17) is 4.74 Å². The predicted octanol–water partition coefficient (Wildman–Crippen LogP) is 7.50. The van der Waals surface area contributed by atoms with Gasteiger partial charge >= 0.3 is 0 Å². The molecule has 3 rings (SSSR count). The van der Waals surface area contributed by atoms with Gasteiger partial charge in [0.25, 0.3) is 0 Å². The first kappa shape index (κ1) is 22.9. The Balaban J connectivity index is 1.85. The summed E-state index contributed by atoms with van der Waals surface area (Å²) < 4.78 is 5.36. The van der Waals surface area contributed by atoms with Crippen LogP contribution in [0.4, 0.5) is 5.69 Å². The van der Waals surface area contributed by atoms with Crippen LogP contribution in [0.5, 0.6) is 5.75 Å². The molecule has 0 fully saturated rings. The molecule has 0 bridgehead atoms. The standard InChI is InChI=1S/C29H37NO/c1-28(2,3)24-12-8-22(9-13-24)20-30(26-16-18-27(31-7)19-17-26)21-23-10-14-25(15-11-23)29(4,5)6/h8-19H,20-21H2,1-7H3. The predicted molar refractivity (Wildman–Crippen MR) is 133 cm³/mol. The van der Waals surface area contributed by atoms with Gasteiger partial charge in [-0.05, 0) is 57.3 Å². The Morgan fingerprint density at radius 3 is 1.29 bits per heavy atom. The summed E-state index contributed by atoms with van der Waals surface area (Å²) in [5.41, 5.74) is 6.90. The van der Waals surface area contributed by atoms with E-state index < -0.39 is 0 Å². The lowest BCUT2D eigenvalue weighted by Gasteiger charge is -2.27. The Bertz CT molecular complexity index is 896. The zero-order valence-corrected chi connectivity index (χ0v) is 20.2. The number of rotatable bonds is 6. The molecule has 0 atom stereocenters. The van der Waals surface area contributed by atoms with Crippen LogP contribution in [-0.2, 0) is 23.9 Å². The Kier molecular flexibility index (Phi) is 6.79. The van der Waals surface area contributed by atoms with Crippen LogP contribution in [0.1, 0.15) is 63.8 Å². The summed E-state index contributed by atoms with van der Waals surface area (Å²) in [6.45, 7) is 15.3. The van der Waals surface area contributed by atoms with Gasteiger partial charge in [0.2, 0.25) is 0 Å². The van der Waals surface area contributed by atoms with E-state index in [2.05, 4.69) is 107 Å². The van der Waals surface area contributed by atoms with Crippen molar-refractivity contribution in [2.45, 2.75) is 65.5 Å². The molecule has 0 saturated carbocycles. The van der Waals surface area contributed by atoms with Crippen molar-refractivity contribution in [2.24, 2.45) is 0 Å². The summed E-state index contributed by atoms with van der Waals surface area (Å²) in [4.78, 5) is 2.43. The van der Waals surface area contributed by atoms with Crippen molar-refractivity contribution in [3.8, 4) is 5.75 Å². The highest BCUT2D eigenvalue weighted by Gasteiger charge is 2.16. The molecule has 3 aromatic rings. The van der Waals surface area contributed by atoms with E-state index in [0.717, 1.165) is 18.8 Å². The SMILES string of the molecule is COc1ccc(N(Cc2ccc(C(C)(C)C)cc2)Cc2ccc(C(C)(C)C)cc2)cc1. The van der Waals surface area contributed by atoms with Crippen molar-refractivity contribution >= 4 is 5.69 Å². The number of benzene rings is 3. The molecule has 0 heterocycles. The summed E-state index contributed by atoms with van der Waals surface area (Å²) in [5.74, 6) is 0.882. The minimum absolute atomic E-state index is 0.170. The zero-order chi connectivity index (χ0) is 22.6. The Morgan fingerprint density at radius 1 is 0.581 bits per heavy atom. The average molecular weight is 416 g/mol. The highest BCUT2D eigenvalue weighted by Crippen LogP contribution is 2.27. The fourth-order valence-corrected chi connectivity index (χ4v) is 3.69. The molecule has 0 amide bonds. The first-order valence-corrected chi connectivity index (χ1v) is 11.1. The third-order valence-corrected chi connectivity index (χ3v) is 5.82. The third-order valence-electron chi connectivity index (χ3n) is 5.82. The molecule has 31 heavy (non-hydrogen) atoms. The van der Waals surface area contributed by atoms with Crippen molar-refractivity contribution in [1.29, 1.82) is 0 Å². The monoisotopic (exact) mass is 415 g/mol. The summed E-state index contributed by atoms with van der Waals surface area (Å²) in [7, 11) is 1.71. The number of methoxy groups -OCH3 is 1. The number of hydrogen-bond donors (Lipinski definition) is 0. The largest absolute Gasteiger partial charge is 0.497 e. The minimum atomic E-state index is 0.170. The summed E-state index contributed by atoms with van der Waals surface area (Å²) in [6, 6.07) is 26.5. The lowest BCUT2D eigenvalue weighted by atomic mass is 9.86. The van der Waals surface area contributed by atoms with E-state index in [0.29, 0.717) is 0 Å². The molecule has 0 radical (unpaired) electrons. The van der Waals surface area contributed by atoms with Crippen LogP contribution in [-0.4, -0.2) is 7.11 Å². The number of nitrogens with zero attached hydrogens (tertiary/aromatic N) is 1. The van der Waals surface area contributed by atoms with Gasteiger partial charge < -0.3 is 9.64 Å². The van der Waals surface area contributed by atoms with Crippen molar-refractivity contribution < 1.29 is 4.74 Å². The van der Waals surface area contributed by atoms with Crippen LogP contribution in [0, 0.1) is 0 Å². The molecule has 2 nitrogen and oxygen atoms in total. The topological polar surface area (TPSA) is 12.5 Å². The van der Waals surface area contributed by atoms with E-state index in [-0.39, 0.29) is 10.8 Å². The summed E-state index contributed by atoms with van der Waals surface area (Å²) in [5, 5.41) is 0. The second-order valence-electron chi connectivity index (χ2n) is 10.4. The second-order valence-corrected chi connectivity index (χ2v) is 10.4. The second kappa shape index (κ2) is 9.18. The minimum Gasteiger partial charge on any atom is -0.497 e. The van der Waals surface area contributed by atoms with Crippen molar-refractivity contribution in [3.05, 3.63) is 95.1 Å². The Labute approximate surface area is 188 Å². The van der Waals surface area contributed by atoms with E-state index >= 15 is 0 Å². The van der Waals surface area contributed by atoms with Crippen LogP contribution in [0.2, 0.25) is 0 Å². The maximum Gasteiger partial charge on any atom is 0.119 e. The highest BCUT2D eigenvalue weighted by atomic mass is 16.5. The van der Waals surface area contributed by atoms with Gasteiger partial charge in [-0.25, -0.2) is 0 Å². The first-order valence-electron chi connectivity index (χ1n) is 11.1. The number of hydrogen-bond acceptors (Lipinski definition) is 2. The zero-order valence-electron chi connectivity index (χ0n) is 20.2. The molecule has 0 saturated heterocycles. The Hall–Kier alpha value is -2.74. The molecular weight excluding hydrogens is 378 g/mol. The third kappa shape index (κ3) is 6.13. The van der Waals surface area contributed by atoms with Crippen LogP contribution in [0.3, 0.4) is 0 Å². The average Bonchev–Trinajstić information content (AvgIpc) is 2.73. The molecule has 0 spiro atoms. The lowest BCUT2D eigenvalue weighted by Crippen LogP contribution is -2.22. The molecule has 0 N–H and O–H groups in total. The van der Waals surface area contributed by atoms with Crippen LogP contribution in [0.15, 0.2) is 72.8 Å². The van der Waals surface area contributed by atoms with Gasteiger partial charge in [0.15, 0.2) is 0 Å². The van der Waals surface area contributed by atoms with Crippen molar-refractivity contribution in [2.75, 3.05) is 12.0 Å². The maximum absolute atomic E-state index is 5.36. The fourth-order valence-electron chi connectivity index (χ4n) is 3.69. The van der Waals surface area contributed by atoms with Gasteiger partial charge in [-0.2, -0.15) is 0 Å². The normalized spacial score (nSPS) is 12.0. The Morgan fingerprint density at radius 2 is 0.968 bits per heavy atom. The molecule has 0 aliphatic rings. The van der Waals surface area contributed by atoms with E-state index in [9.17, 15) is 0 Å². The van der Waals surface area contributed by atoms with Crippen LogP contribution >= 0.6 is 0 Å². The van der Waals surface area contributed by atoms with E-state index in [1.807, 2.05) is 12.1 Å². The quantitative estimate of drug-likeness (QED) is 0.413. The number of anilines is 1. The van der Waals surface area contributed by atoms with Crippen molar-refractivity contribution in [3.63, 3.8) is 0 Å². The van der Waals surface area contributed by atoms with Crippen LogP contribution < -0.4 is 9.64 Å². The lowest BCUT2D eigenvalue weighted by molar-refractivity contribution is 0.415. The van der Waals surface area contributed by atoms with E-state index in [1.54, 1.807) is 7.11 Å². The highest BCUT2D eigenvalue weighted by molar-refractivity contribution is 5.50. The molecule has 0 aromatic heterocycles. The molecule has 0 aliphatic heterocycles. The summed E-state index contributed by atoms with van der Waals surface area (Å²) in [6.07, 6.45) is 0. The van der Waals surface area contributed by atoms with Gasteiger partial charge in [0.1, 0.15) is 5.75 Å². The van der Waals surface area contributed by atoms with Gasteiger partial charge in [-0.3, -0.25) is 0 Å². The molecular formula is C29H37NO. The van der Waals surface area contributed by atoms with Gasteiger partial charge in [-0.1, -0.05) is 90.1 Å². The van der Waals surface area contributed by atoms with Gasteiger partial charge in [0, 0.05) is 18.8 Å². The summed E-state index contributed by atoms with van der Waals surface area (Å²) >= 11 is 0. The number of ether oxygens (including phenoxy) is 1. The first-order chi connectivity index (χ1) is 14.6. The molecule has 164 valence electrons. The molecule has 0 aliphatic carbocycles. The fraction of sp³-hybridized carbons (Fsp3) is 0.379. The molecule has 2 heteroatoms. The van der Waals surface area contributed by atoms with Gasteiger partial charge in [-0.15, -0.1) is 0 Å². The van der Waals surface area contributed by atoms with Gasteiger partial charge in [0.05, 0.1) is 7.11 Å². The molecule has 3 aromatic carbocycles. The van der Waals surface area contributed by atoms with Crippen LogP contribution in [0.25, 0.3) is 0 Å². The maximum atomic E-state index is 5.36.